The van der Waals surface area contributed by atoms with Crippen molar-refractivity contribution in [3.8, 4) is 0 Å². The monoisotopic (exact) mass is 324 g/mol. The van der Waals surface area contributed by atoms with Gasteiger partial charge in [-0.3, -0.25) is 14.4 Å². The zero-order valence-electron chi connectivity index (χ0n) is 14.0. The first-order chi connectivity index (χ1) is 11.0. The van der Waals surface area contributed by atoms with Gasteiger partial charge in [-0.05, 0) is 25.7 Å². The topological polar surface area (TPSA) is 77.9 Å². The molecule has 0 bridgehead atoms. The molecule has 0 aromatic rings. The fraction of sp³-hybridized carbons (Fsp3) is 0.824. The van der Waals surface area contributed by atoms with Gasteiger partial charge in [0, 0.05) is 26.1 Å². The summed E-state index contributed by atoms with van der Waals surface area (Å²) in [5.41, 5.74) is 0. The van der Waals surface area contributed by atoms with Crippen LogP contribution in [0.4, 0.5) is 0 Å². The van der Waals surface area contributed by atoms with E-state index >= 15 is 0 Å². The van der Waals surface area contributed by atoms with E-state index in [0.29, 0.717) is 25.9 Å². The lowest BCUT2D eigenvalue weighted by Crippen LogP contribution is -2.46. The summed E-state index contributed by atoms with van der Waals surface area (Å²) in [6.07, 6.45) is 7.46. The summed E-state index contributed by atoms with van der Waals surface area (Å²) in [6.45, 7) is 1.05. The number of carbonyl (C=O) groups is 3. The molecule has 1 heterocycles. The SMILES string of the molecule is CN(CC(=O)N1CCC(C(=O)O)CC1)C(=O)C1CCCCCC1. The number of likely N-dealkylation sites (N-methyl/N-ethyl adjacent to an activating group) is 1. The lowest BCUT2D eigenvalue weighted by Gasteiger charge is -2.32. The number of carboxylic acid groups (broad SMARTS) is 1. The molecule has 2 amide bonds. The molecule has 1 saturated heterocycles. The van der Waals surface area contributed by atoms with Crippen molar-refractivity contribution in [3.05, 3.63) is 0 Å². The van der Waals surface area contributed by atoms with Gasteiger partial charge in [0.1, 0.15) is 0 Å². The maximum atomic E-state index is 12.5. The number of nitrogens with zero attached hydrogens (tertiary/aromatic N) is 2. The second kappa shape index (κ2) is 8.31. The molecule has 0 aromatic heterocycles. The van der Waals surface area contributed by atoms with E-state index in [0.717, 1.165) is 25.7 Å². The summed E-state index contributed by atoms with van der Waals surface area (Å²) in [6, 6.07) is 0. The molecule has 0 atom stereocenters. The maximum Gasteiger partial charge on any atom is 0.306 e. The van der Waals surface area contributed by atoms with Crippen LogP contribution in [0.1, 0.15) is 51.4 Å². The smallest absolute Gasteiger partial charge is 0.306 e. The van der Waals surface area contributed by atoms with Crippen LogP contribution in [0.5, 0.6) is 0 Å². The quantitative estimate of drug-likeness (QED) is 0.799. The van der Waals surface area contributed by atoms with Crippen molar-refractivity contribution >= 4 is 17.8 Å². The number of aliphatic carboxylic acids is 1. The molecule has 2 aliphatic rings. The van der Waals surface area contributed by atoms with Gasteiger partial charge in [0.15, 0.2) is 0 Å². The van der Waals surface area contributed by atoms with Crippen molar-refractivity contribution in [2.45, 2.75) is 51.4 Å². The second-order valence-electron chi connectivity index (χ2n) is 6.88. The van der Waals surface area contributed by atoms with E-state index in [1.165, 1.54) is 12.8 Å². The minimum Gasteiger partial charge on any atom is -0.481 e. The summed E-state index contributed by atoms with van der Waals surface area (Å²) in [5.74, 6) is -1.05. The number of likely N-dealkylation sites (tertiary alicyclic amines) is 1. The first-order valence-corrected chi connectivity index (χ1v) is 8.74. The molecule has 1 saturated carbocycles. The molecule has 0 spiro atoms. The molecule has 130 valence electrons. The molecule has 23 heavy (non-hydrogen) atoms. The van der Waals surface area contributed by atoms with E-state index in [1.54, 1.807) is 16.8 Å². The number of rotatable bonds is 4. The molecule has 0 radical (unpaired) electrons. The normalized spacial score (nSPS) is 20.8. The Hall–Kier alpha value is -1.59. The van der Waals surface area contributed by atoms with E-state index < -0.39 is 5.97 Å². The van der Waals surface area contributed by atoms with Crippen LogP contribution in [-0.4, -0.2) is 59.4 Å². The standard InChI is InChI=1S/C17H28N2O4/c1-18(16(21)13-6-4-2-3-5-7-13)12-15(20)19-10-8-14(9-11-19)17(22)23/h13-14H,2-12H2,1H3,(H,22,23). The molecule has 2 fully saturated rings. The number of hydrogen-bond donors (Lipinski definition) is 1. The molecule has 1 N–H and O–H groups in total. The number of hydrogen-bond acceptors (Lipinski definition) is 3. The highest BCUT2D eigenvalue weighted by Crippen LogP contribution is 2.24. The zero-order valence-corrected chi connectivity index (χ0v) is 14.0. The van der Waals surface area contributed by atoms with Gasteiger partial charge in [0.05, 0.1) is 12.5 Å². The molecule has 1 aliphatic heterocycles. The first kappa shape index (κ1) is 17.8. The van der Waals surface area contributed by atoms with Crippen LogP contribution < -0.4 is 0 Å². The molecule has 0 unspecified atom stereocenters. The van der Waals surface area contributed by atoms with Crippen LogP contribution in [-0.2, 0) is 14.4 Å². The molecule has 6 heteroatoms. The summed E-state index contributed by atoms with van der Waals surface area (Å²) in [7, 11) is 1.70. The third-order valence-electron chi connectivity index (χ3n) is 5.15. The zero-order chi connectivity index (χ0) is 16.8. The van der Waals surface area contributed by atoms with Crippen molar-refractivity contribution in [2.75, 3.05) is 26.7 Å². The number of amides is 2. The third kappa shape index (κ3) is 4.94. The van der Waals surface area contributed by atoms with Gasteiger partial charge < -0.3 is 14.9 Å². The Balaban J connectivity index is 1.80. The van der Waals surface area contributed by atoms with Gasteiger partial charge >= 0.3 is 5.97 Å². The van der Waals surface area contributed by atoms with Gasteiger partial charge in [-0.25, -0.2) is 0 Å². The second-order valence-corrected chi connectivity index (χ2v) is 6.88. The highest BCUT2D eigenvalue weighted by Gasteiger charge is 2.29. The fourth-order valence-electron chi connectivity index (χ4n) is 3.59. The molecule has 1 aliphatic carbocycles. The minimum atomic E-state index is -0.780. The average molecular weight is 324 g/mol. The van der Waals surface area contributed by atoms with Crippen LogP contribution in [0.2, 0.25) is 0 Å². The summed E-state index contributed by atoms with van der Waals surface area (Å²) in [4.78, 5) is 39.0. The Labute approximate surface area is 137 Å². The van der Waals surface area contributed by atoms with Crippen molar-refractivity contribution in [1.82, 2.24) is 9.80 Å². The van der Waals surface area contributed by atoms with Crippen LogP contribution in [0.3, 0.4) is 0 Å². The fourth-order valence-corrected chi connectivity index (χ4v) is 3.59. The molecule has 6 nitrogen and oxygen atoms in total. The summed E-state index contributed by atoms with van der Waals surface area (Å²) in [5, 5.41) is 8.99. The lowest BCUT2D eigenvalue weighted by atomic mass is 9.97. The van der Waals surface area contributed by atoms with E-state index in [1.807, 2.05) is 0 Å². The Morgan fingerprint density at radius 1 is 0.957 bits per heavy atom. The van der Waals surface area contributed by atoms with Crippen molar-refractivity contribution < 1.29 is 19.5 Å². The number of piperidine rings is 1. The number of carboxylic acids is 1. The summed E-state index contributed by atoms with van der Waals surface area (Å²) >= 11 is 0. The van der Waals surface area contributed by atoms with Crippen molar-refractivity contribution in [1.29, 1.82) is 0 Å². The van der Waals surface area contributed by atoms with Gasteiger partial charge in [0.25, 0.3) is 0 Å². The van der Waals surface area contributed by atoms with Crippen LogP contribution in [0.15, 0.2) is 0 Å². The van der Waals surface area contributed by atoms with Gasteiger partial charge in [0.2, 0.25) is 11.8 Å². The van der Waals surface area contributed by atoms with E-state index in [9.17, 15) is 14.4 Å². The predicted molar refractivity (Wildman–Crippen MR) is 85.8 cm³/mol. The third-order valence-corrected chi connectivity index (χ3v) is 5.15. The van der Waals surface area contributed by atoms with Crippen molar-refractivity contribution in [3.63, 3.8) is 0 Å². The highest BCUT2D eigenvalue weighted by molar-refractivity contribution is 5.86. The lowest BCUT2D eigenvalue weighted by molar-refractivity contribution is -0.147. The van der Waals surface area contributed by atoms with E-state index in [2.05, 4.69) is 0 Å². The average Bonchev–Trinajstić information content (AvgIpc) is 2.83. The van der Waals surface area contributed by atoms with Gasteiger partial charge in [-0.1, -0.05) is 25.7 Å². The Morgan fingerprint density at radius 3 is 2.04 bits per heavy atom. The largest absolute Gasteiger partial charge is 0.481 e. The molecular formula is C17H28N2O4. The summed E-state index contributed by atoms with van der Waals surface area (Å²) < 4.78 is 0. The van der Waals surface area contributed by atoms with Crippen molar-refractivity contribution in [2.24, 2.45) is 11.8 Å². The Morgan fingerprint density at radius 2 is 1.52 bits per heavy atom. The van der Waals surface area contributed by atoms with E-state index in [4.69, 9.17) is 5.11 Å². The first-order valence-electron chi connectivity index (χ1n) is 8.74. The Bertz CT molecular complexity index is 436. The molecule has 2 rings (SSSR count). The Kier molecular flexibility index (Phi) is 6.42. The van der Waals surface area contributed by atoms with E-state index in [-0.39, 0.29) is 30.2 Å². The molecule has 0 aromatic carbocycles. The van der Waals surface area contributed by atoms with Gasteiger partial charge in [-0.15, -0.1) is 0 Å². The highest BCUT2D eigenvalue weighted by atomic mass is 16.4. The molecular weight excluding hydrogens is 296 g/mol. The minimum absolute atomic E-state index is 0.0630. The predicted octanol–water partition coefficient (Wildman–Crippen LogP) is 1.74. The number of carbonyl (C=O) groups excluding carboxylic acids is 2. The van der Waals surface area contributed by atoms with Gasteiger partial charge in [-0.2, -0.15) is 0 Å². The van der Waals surface area contributed by atoms with Crippen LogP contribution in [0, 0.1) is 11.8 Å². The maximum absolute atomic E-state index is 12.5. The van der Waals surface area contributed by atoms with Crippen LogP contribution >= 0.6 is 0 Å². The van der Waals surface area contributed by atoms with Crippen LogP contribution in [0.25, 0.3) is 0 Å².